The Labute approximate surface area is 355 Å². The van der Waals surface area contributed by atoms with E-state index in [1.807, 2.05) is 53.6 Å². The second kappa shape index (κ2) is 16.0. The molecule has 5 heterocycles. The molecule has 2 fully saturated rings. The van der Waals surface area contributed by atoms with Crippen LogP contribution < -0.4 is 4.90 Å². The van der Waals surface area contributed by atoms with Gasteiger partial charge in [0.25, 0.3) is 0 Å². The maximum Gasteiger partial charge on any atom is 0.236 e. The highest BCUT2D eigenvalue weighted by Gasteiger charge is 2.41. The molecule has 1 amide bonds. The zero-order valence-electron chi connectivity index (χ0n) is 32.8. The minimum Gasteiger partial charge on any atom is -0.368 e. The molecule has 60 heavy (non-hydrogen) atoms. The predicted molar refractivity (Wildman–Crippen MR) is 235 cm³/mol. The number of likely N-dealkylation sites (tertiary alicyclic amines) is 1. The lowest BCUT2D eigenvalue weighted by molar-refractivity contribution is -0.132. The molecule has 3 aromatic heterocycles. The maximum atomic E-state index is 13.5. The number of amides is 1. The molecule has 2 saturated heterocycles. The third-order valence-corrected chi connectivity index (χ3v) is 12.6. The van der Waals surface area contributed by atoms with Crippen molar-refractivity contribution in [2.24, 2.45) is 0 Å². The van der Waals surface area contributed by atoms with E-state index < -0.39 is 11.4 Å². The fourth-order valence-electron chi connectivity index (χ4n) is 8.95. The Morgan fingerprint density at radius 3 is 1.97 bits per heavy atom. The minimum absolute atomic E-state index is 0.131. The summed E-state index contributed by atoms with van der Waals surface area (Å²) in [5, 5.41) is 7.15. The topological polar surface area (TPSA) is 96.2 Å². The van der Waals surface area contributed by atoms with Gasteiger partial charge in [-0.3, -0.25) is 9.69 Å². The summed E-state index contributed by atoms with van der Waals surface area (Å²) in [7, 11) is 0. The Kier molecular flexibility index (Phi) is 10.1. The quantitative estimate of drug-likeness (QED) is 0.134. The van der Waals surface area contributed by atoms with Crippen LogP contribution in [0.25, 0.3) is 33.2 Å². The summed E-state index contributed by atoms with van der Waals surface area (Å²) < 4.78 is 16.2. The highest BCUT2D eigenvalue weighted by Crippen LogP contribution is 2.44. The Morgan fingerprint density at radius 1 is 0.733 bits per heavy atom. The molecule has 1 unspecified atom stereocenters. The smallest absolute Gasteiger partial charge is 0.236 e. The summed E-state index contributed by atoms with van der Waals surface area (Å²) in [6.45, 7) is 4.76. The number of benzene rings is 5. The monoisotopic (exact) mass is 857 g/mol. The third kappa shape index (κ3) is 6.99. The second-order valence-corrected chi connectivity index (χ2v) is 16.3. The summed E-state index contributed by atoms with van der Waals surface area (Å²) in [6.07, 6.45) is 5.18. The number of fused-ring (bicyclic) bond motifs is 2. The number of carbonyl (C=O) groups is 1. The fourth-order valence-corrected chi connectivity index (χ4v) is 9.43. The SMILES string of the molecule is O=C(CN1CCC(c2ncc3cc4c(cc3n2)c(Br)nn4C(c2ccccc2)(c2ccccc2)c2ccccc2)C1)N1CCN(c2ccc(-c3ncc(F)cn3)cc2)CC1. The first kappa shape index (κ1) is 37.9. The first-order chi connectivity index (χ1) is 29.4. The van der Waals surface area contributed by atoms with E-state index in [1.54, 1.807) is 0 Å². The van der Waals surface area contributed by atoms with Gasteiger partial charge in [-0.15, -0.1) is 0 Å². The van der Waals surface area contributed by atoms with Gasteiger partial charge in [-0.05, 0) is 82.0 Å². The largest absolute Gasteiger partial charge is 0.368 e. The van der Waals surface area contributed by atoms with Crippen LogP contribution in [0, 0.1) is 5.82 Å². The average molecular weight is 859 g/mol. The number of carbonyl (C=O) groups excluding carboxylic acids is 1. The lowest BCUT2D eigenvalue weighted by Gasteiger charge is -2.37. The van der Waals surface area contributed by atoms with E-state index in [-0.39, 0.29) is 11.8 Å². The molecule has 0 N–H and O–H groups in total. The van der Waals surface area contributed by atoms with Crippen molar-refractivity contribution in [2.75, 3.05) is 50.7 Å². The van der Waals surface area contributed by atoms with Crippen molar-refractivity contribution in [2.45, 2.75) is 17.9 Å². The van der Waals surface area contributed by atoms with Gasteiger partial charge in [0.1, 0.15) is 16.0 Å². The molecule has 298 valence electrons. The Morgan fingerprint density at radius 2 is 1.35 bits per heavy atom. The van der Waals surface area contributed by atoms with Crippen molar-refractivity contribution in [3.8, 4) is 11.4 Å². The zero-order chi connectivity index (χ0) is 40.6. The van der Waals surface area contributed by atoms with Crippen LogP contribution in [-0.2, 0) is 10.3 Å². The van der Waals surface area contributed by atoms with Crippen LogP contribution in [0.3, 0.4) is 0 Å². The number of halogens is 2. The van der Waals surface area contributed by atoms with Crippen LogP contribution in [0.2, 0.25) is 0 Å². The van der Waals surface area contributed by atoms with Crippen molar-refractivity contribution >= 4 is 49.3 Å². The van der Waals surface area contributed by atoms with Crippen LogP contribution in [0.4, 0.5) is 10.1 Å². The van der Waals surface area contributed by atoms with Gasteiger partial charge in [0, 0.05) is 66.9 Å². The van der Waals surface area contributed by atoms with Gasteiger partial charge >= 0.3 is 0 Å². The van der Waals surface area contributed by atoms with Crippen LogP contribution >= 0.6 is 15.9 Å². The van der Waals surface area contributed by atoms with Crippen molar-refractivity contribution in [1.29, 1.82) is 0 Å². The molecule has 0 bridgehead atoms. The standard InChI is InChI=1S/C48H41BrFN9O/c49-45-41-27-42-35(26-43(41)59(55-45)48(36-10-4-1-5-11-36,37-12-6-2-7-13-37)38-14-8-3-9-15-38)28-51-47(54-42)34-20-21-56(31-34)32-44(60)58-24-22-57(23-25-58)40-18-16-33(17-19-40)46-52-29-39(50)30-53-46/h1-19,26-30,34H,20-25,31-32H2. The Balaban J connectivity index is 0.851. The van der Waals surface area contributed by atoms with Crippen molar-refractivity contribution in [3.63, 3.8) is 0 Å². The van der Waals surface area contributed by atoms with Gasteiger partial charge < -0.3 is 9.80 Å². The highest BCUT2D eigenvalue weighted by molar-refractivity contribution is 9.10. The molecule has 5 aromatic carbocycles. The van der Waals surface area contributed by atoms with Crippen molar-refractivity contribution < 1.29 is 9.18 Å². The molecule has 0 radical (unpaired) electrons. The van der Waals surface area contributed by atoms with Gasteiger partial charge in [-0.1, -0.05) is 91.0 Å². The van der Waals surface area contributed by atoms with Gasteiger partial charge in [-0.25, -0.2) is 29.0 Å². The number of nitrogens with zero attached hydrogens (tertiary/aromatic N) is 9. The van der Waals surface area contributed by atoms with Crippen LogP contribution in [0.15, 0.2) is 151 Å². The zero-order valence-corrected chi connectivity index (χ0v) is 34.4. The molecular weight excluding hydrogens is 817 g/mol. The predicted octanol–water partition coefficient (Wildman–Crippen LogP) is 8.32. The molecular formula is C48H41BrFN9O. The number of rotatable bonds is 9. The Bertz CT molecular complexity index is 2680. The van der Waals surface area contributed by atoms with Gasteiger partial charge in [-0.2, -0.15) is 5.10 Å². The maximum absolute atomic E-state index is 13.5. The third-order valence-electron chi connectivity index (χ3n) is 12.0. The first-order valence-corrected chi connectivity index (χ1v) is 21.1. The van der Waals surface area contributed by atoms with Crippen LogP contribution in [0.1, 0.15) is 34.9 Å². The summed E-state index contributed by atoms with van der Waals surface area (Å²) >= 11 is 3.85. The summed E-state index contributed by atoms with van der Waals surface area (Å²) in [6, 6.07) is 43.9. The molecule has 0 aliphatic carbocycles. The molecule has 10 rings (SSSR count). The summed E-state index contributed by atoms with van der Waals surface area (Å²) in [5.74, 6) is 1.12. The van der Waals surface area contributed by atoms with E-state index in [2.05, 4.69) is 125 Å². The molecule has 0 saturated carbocycles. The van der Waals surface area contributed by atoms with Crippen molar-refractivity contribution in [3.05, 3.63) is 179 Å². The van der Waals surface area contributed by atoms with E-state index in [9.17, 15) is 9.18 Å². The lowest BCUT2D eigenvalue weighted by atomic mass is 9.77. The highest BCUT2D eigenvalue weighted by atomic mass is 79.9. The molecule has 2 aliphatic rings. The molecule has 8 aromatic rings. The van der Waals surface area contributed by atoms with Gasteiger partial charge in [0.05, 0.1) is 30.0 Å². The van der Waals surface area contributed by atoms with E-state index in [0.29, 0.717) is 25.5 Å². The number of aromatic nitrogens is 6. The average Bonchev–Trinajstić information content (AvgIpc) is 3.91. The van der Waals surface area contributed by atoms with E-state index in [1.165, 1.54) is 12.4 Å². The second-order valence-electron chi connectivity index (χ2n) is 15.5. The summed E-state index contributed by atoms with van der Waals surface area (Å²) in [4.78, 5) is 38.3. The summed E-state index contributed by atoms with van der Waals surface area (Å²) in [5.41, 5.74) is 6.26. The van der Waals surface area contributed by atoms with Gasteiger partial charge in [0.2, 0.25) is 5.91 Å². The molecule has 12 heteroatoms. The van der Waals surface area contributed by atoms with Crippen LogP contribution in [0.5, 0.6) is 0 Å². The van der Waals surface area contributed by atoms with Crippen molar-refractivity contribution in [1.82, 2.24) is 39.5 Å². The molecule has 0 spiro atoms. The number of anilines is 1. The van der Waals surface area contributed by atoms with E-state index in [0.717, 1.165) is 92.8 Å². The van der Waals surface area contributed by atoms with E-state index >= 15 is 0 Å². The van der Waals surface area contributed by atoms with Crippen LogP contribution in [-0.4, -0.2) is 91.2 Å². The molecule has 10 nitrogen and oxygen atoms in total. The first-order valence-electron chi connectivity index (χ1n) is 20.3. The number of piperazine rings is 1. The number of hydrogen-bond acceptors (Lipinski definition) is 8. The fraction of sp³-hybridized carbons (Fsp3) is 0.208. The van der Waals surface area contributed by atoms with Gasteiger partial charge in [0.15, 0.2) is 11.6 Å². The van der Waals surface area contributed by atoms with E-state index in [4.69, 9.17) is 15.1 Å². The molecule has 2 aliphatic heterocycles. The molecule has 1 atom stereocenters. The lowest BCUT2D eigenvalue weighted by Crippen LogP contribution is -2.51. The normalized spacial score (nSPS) is 16.2. The number of hydrogen-bond donors (Lipinski definition) is 0. The minimum atomic E-state index is -0.767. The Hall–Kier alpha value is -6.37.